The van der Waals surface area contributed by atoms with E-state index in [1.54, 1.807) is 6.92 Å². The standard InChI is InChI=1S/C11H20O4/c1-4-14-11(15-5-2)7-6-10(13)8-9(3)12/h9-13H,4-5,8H2,1-3H3/t9-,10+/m1/s1. The first-order valence-electron chi connectivity index (χ1n) is 5.20. The molecule has 15 heavy (non-hydrogen) atoms. The summed E-state index contributed by atoms with van der Waals surface area (Å²) in [6, 6.07) is 0. The Kier molecular flexibility index (Phi) is 8.34. The van der Waals surface area contributed by atoms with Gasteiger partial charge >= 0.3 is 0 Å². The fourth-order valence-electron chi connectivity index (χ4n) is 0.980. The first kappa shape index (κ1) is 14.4. The van der Waals surface area contributed by atoms with Crippen molar-refractivity contribution in [2.75, 3.05) is 13.2 Å². The molecule has 0 spiro atoms. The number of aliphatic hydroxyl groups excluding tert-OH is 2. The van der Waals surface area contributed by atoms with Gasteiger partial charge in [-0.25, -0.2) is 0 Å². The van der Waals surface area contributed by atoms with Crippen LogP contribution in [0.25, 0.3) is 0 Å². The van der Waals surface area contributed by atoms with Gasteiger partial charge in [0.05, 0.1) is 6.10 Å². The summed E-state index contributed by atoms with van der Waals surface area (Å²) in [4.78, 5) is 0. The molecule has 2 atom stereocenters. The minimum Gasteiger partial charge on any atom is -0.393 e. The molecule has 0 aromatic carbocycles. The largest absolute Gasteiger partial charge is 0.393 e. The molecular formula is C11H20O4. The number of hydrogen-bond acceptors (Lipinski definition) is 4. The summed E-state index contributed by atoms with van der Waals surface area (Å²) in [5, 5.41) is 18.4. The average molecular weight is 216 g/mol. The lowest BCUT2D eigenvalue weighted by Gasteiger charge is -2.10. The molecule has 2 N–H and O–H groups in total. The summed E-state index contributed by atoms with van der Waals surface area (Å²) in [6.07, 6.45) is -1.76. The molecule has 0 rings (SSSR count). The average Bonchev–Trinajstić information content (AvgIpc) is 2.14. The summed E-state index contributed by atoms with van der Waals surface area (Å²) in [6.45, 7) is 6.31. The Morgan fingerprint density at radius 2 is 1.60 bits per heavy atom. The number of ether oxygens (including phenoxy) is 2. The maximum atomic E-state index is 9.36. The van der Waals surface area contributed by atoms with E-state index in [9.17, 15) is 5.11 Å². The third-order valence-electron chi connectivity index (χ3n) is 1.57. The molecule has 0 unspecified atom stereocenters. The Morgan fingerprint density at radius 3 is 2.00 bits per heavy atom. The lowest BCUT2D eigenvalue weighted by atomic mass is 10.2. The number of hydrogen-bond donors (Lipinski definition) is 2. The summed E-state index contributed by atoms with van der Waals surface area (Å²) in [7, 11) is 0. The predicted molar refractivity (Wildman–Crippen MR) is 57.1 cm³/mol. The third-order valence-corrected chi connectivity index (χ3v) is 1.57. The van der Waals surface area contributed by atoms with Crippen molar-refractivity contribution >= 4 is 0 Å². The Labute approximate surface area is 91.2 Å². The summed E-state index contributed by atoms with van der Waals surface area (Å²) in [5.74, 6) is 5.25. The molecule has 0 saturated heterocycles. The zero-order chi connectivity index (χ0) is 11.7. The van der Waals surface area contributed by atoms with E-state index in [1.165, 1.54) is 0 Å². The van der Waals surface area contributed by atoms with Crippen LogP contribution in [0.2, 0.25) is 0 Å². The third kappa shape index (κ3) is 8.40. The van der Waals surface area contributed by atoms with E-state index >= 15 is 0 Å². The van der Waals surface area contributed by atoms with E-state index in [-0.39, 0.29) is 6.42 Å². The molecule has 0 aliphatic rings. The molecule has 0 amide bonds. The van der Waals surface area contributed by atoms with Gasteiger partial charge in [0.25, 0.3) is 0 Å². The SMILES string of the molecule is CCOC(C#C[C@H](O)C[C@@H](C)O)OCC. The van der Waals surface area contributed by atoms with E-state index in [4.69, 9.17) is 14.6 Å². The van der Waals surface area contributed by atoms with Crippen molar-refractivity contribution in [1.82, 2.24) is 0 Å². The zero-order valence-corrected chi connectivity index (χ0v) is 9.56. The van der Waals surface area contributed by atoms with Crippen molar-refractivity contribution in [3.63, 3.8) is 0 Å². The van der Waals surface area contributed by atoms with Crippen LogP contribution in [0.3, 0.4) is 0 Å². The van der Waals surface area contributed by atoms with Gasteiger partial charge < -0.3 is 19.7 Å². The van der Waals surface area contributed by atoms with Gasteiger partial charge in [0.1, 0.15) is 6.10 Å². The Hall–Kier alpha value is -0.600. The highest BCUT2D eigenvalue weighted by Crippen LogP contribution is 1.97. The van der Waals surface area contributed by atoms with E-state index in [1.807, 2.05) is 13.8 Å². The maximum absolute atomic E-state index is 9.36. The number of rotatable bonds is 6. The second-order valence-corrected chi connectivity index (χ2v) is 3.13. The molecule has 0 aromatic rings. The fraction of sp³-hybridized carbons (Fsp3) is 0.818. The minimum absolute atomic E-state index is 0.234. The summed E-state index contributed by atoms with van der Waals surface area (Å²) in [5.41, 5.74) is 0. The van der Waals surface area contributed by atoms with Gasteiger partial charge in [-0.1, -0.05) is 5.92 Å². The Bertz CT molecular complexity index is 198. The quantitative estimate of drug-likeness (QED) is 0.502. The van der Waals surface area contributed by atoms with Crippen LogP contribution in [-0.2, 0) is 9.47 Å². The van der Waals surface area contributed by atoms with Gasteiger partial charge in [-0.15, -0.1) is 0 Å². The highest BCUT2D eigenvalue weighted by atomic mass is 16.7. The van der Waals surface area contributed by atoms with E-state index in [2.05, 4.69) is 11.8 Å². The van der Waals surface area contributed by atoms with Crippen LogP contribution in [0.1, 0.15) is 27.2 Å². The first-order valence-corrected chi connectivity index (χ1v) is 5.20. The lowest BCUT2D eigenvalue weighted by Crippen LogP contribution is -2.17. The van der Waals surface area contributed by atoms with Gasteiger partial charge in [0, 0.05) is 19.6 Å². The molecule has 0 heterocycles. The smallest absolute Gasteiger partial charge is 0.222 e. The summed E-state index contributed by atoms with van der Waals surface area (Å²) >= 11 is 0. The maximum Gasteiger partial charge on any atom is 0.222 e. The predicted octanol–water partition coefficient (Wildman–Crippen LogP) is 0.521. The van der Waals surface area contributed by atoms with E-state index in [0.29, 0.717) is 13.2 Å². The molecular weight excluding hydrogens is 196 g/mol. The Balaban J connectivity index is 4.06. The van der Waals surface area contributed by atoms with Crippen molar-refractivity contribution in [2.45, 2.75) is 45.7 Å². The normalized spacial score (nSPS) is 14.5. The van der Waals surface area contributed by atoms with E-state index < -0.39 is 18.5 Å². The zero-order valence-electron chi connectivity index (χ0n) is 9.56. The van der Waals surface area contributed by atoms with Crippen LogP contribution in [0, 0.1) is 11.8 Å². The van der Waals surface area contributed by atoms with Gasteiger partial charge in [0.15, 0.2) is 0 Å². The van der Waals surface area contributed by atoms with Gasteiger partial charge in [-0.3, -0.25) is 0 Å². The monoisotopic (exact) mass is 216 g/mol. The van der Waals surface area contributed by atoms with Crippen molar-refractivity contribution in [3.8, 4) is 11.8 Å². The van der Waals surface area contributed by atoms with Crippen LogP contribution in [0.5, 0.6) is 0 Å². The van der Waals surface area contributed by atoms with Crippen LogP contribution < -0.4 is 0 Å². The topological polar surface area (TPSA) is 58.9 Å². The summed E-state index contributed by atoms with van der Waals surface area (Å²) < 4.78 is 10.3. The number of aliphatic hydroxyl groups is 2. The molecule has 0 fully saturated rings. The van der Waals surface area contributed by atoms with Crippen molar-refractivity contribution < 1.29 is 19.7 Å². The lowest BCUT2D eigenvalue weighted by molar-refractivity contribution is -0.0972. The van der Waals surface area contributed by atoms with Crippen LogP contribution in [0.4, 0.5) is 0 Å². The van der Waals surface area contributed by atoms with Crippen LogP contribution in [-0.4, -0.2) is 41.9 Å². The van der Waals surface area contributed by atoms with Crippen LogP contribution >= 0.6 is 0 Å². The van der Waals surface area contributed by atoms with Crippen molar-refractivity contribution in [3.05, 3.63) is 0 Å². The molecule has 0 aliphatic heterocycles. The fourth-order valence-corrected chi connectivity index (χ4v) is 0.980. The first-order chi connectivity index (χ1) is 7.10. The molecule has 4 nitrogen and oxygen atoms in total. The minimum atomic E-state index is -0.839. The Morgan fingerprint density at radius 1 is 1.07 bits per heavy atom. The van der Waals surface area contributed by atoms with Crippen LogP contribution in [0.15, 0.2) is 0 Å². The molecule has 0 aromatic heterocycles. The molecule has 0 bridgehead atoms. The van der Waals surface area contributed by atoms with Gasteiger partial charge in [-0.2, -0.15) is 0 Å². The molecule has 88 valence electrons. The molecule has 0 aliphatic carbocycles. The second kappa shape index (κ2) is 8.69. The van der Waals surface area contributed by atoms with Crippen molar-refractivity contribution in [1.29, 1.82) is 0 Å². The molecule has 0 saturated carbocycles. The molecule has 4 heteroatoms. The van der Waals surface area contributed by atoms with Gasteiger partial charge in [0.2, 0.25) is 6.29 Å². The van der Waals surface area contributed by atoms with Crippen molar-refractivity contribution in [2.24, 2.45) is 0 Å². The highest BCUT2D eigenvalue weighted by molar-refractivity contribution is 5.07. The van der Waals surface area contributed by atoms with Gasteiger partial charge in [-0.05, 0) is 26.7 Å². The molecule has 0 radical (unpaired) electrons. The second-order valence-electron chi connectivity index (χ2n) is 3.13. The highest BCUT2D eigenvalue weighted by Gasteiger charge is 2.06. The van der Waals surface area contributed by atoms with E-state index in [0.717, 1.165) is 0 Å².